The van der Waals surface area contributed by atoms with Crippen molar-refractivity contribution in [1.82, 2.24) is 5.43 Å². The Morgan fingerprint density at radius 3 is 2.68 bits per heavy atom. The third-order valence-electron chi connectivity index (χ3n) is 2.87. The highest BCUT2D eigenvalue weighted by Crippen LogP contribution is 2.25. The molecule has 1 N–H and O–H groups in total. The number of carbonyl (C=O) groups excluding carboxylic acids is 1. The van der Waals surface area contributed by atoms with Crippen molar-refractivity contribution < 1.29 is 14.3 Å². The number of nitrogens with one attached hydrogen (secondary N) is 1. The quantitative estimate of drug-likeness (QED) is 0.658. The van der Waals surface area contributed by atoms with Gasteiger partial charge in [0, 0.05) is 0 Å². The van der Waals surface area contributed by atoms with Crippen molar-refractivity contribution in [3.63, 3.8) is 0 Å². The van der Waals surface area contributed by atoms with Gasteiger partial charge in [0.15, 0.2) is 18.1 Å². The summed E-state index contributed by atoms with van der Waals surface area (Å²) in [6, 6.07) is 15.0. The van der Waals surface area contributed by atoms with Gasteiger partial charge in [-0.1, -0.05) is 42.0 Å². The zero-order valence-corrected chi connectivity index (χ0v) is 12.6. The Morgan fingerprint density at radius 2 is 1.95 bits per heavy atom. The molecule has 5 heteroatoms. The highest BCUT2D eigenvalue weighted by molar-refractivity contribution is 5.83. The number of ether oxygens (including phenoxy) is 2. The van der Waals surface area contributed by atoms with Crippen molar-refractivity contribution in [3.05, 3.63) is 59.7 Å². The van der Waals surface area contributed by atoms with Gasteiger partial charge in [-0.05, 0) is 24.6 Å². The van der Waals surface area contributed by atoms with E-state index >= 15 is 0 Å². The van der Waals surface area contributed by atoms with Gasteiger partial charge >= 0.3 is 0 Å². The molecule has 0 aliphatic heterocycles. The first kappa shape index (κ1) is 15.6. The van der Waals surface area contributed by atoms with Crippen molar-refractivity contribution in [2.24, 2.45) is 5.10 Å². The smallest absolute Gasteiger partial charge is 0.277 e. The second-order valence-corrected chi connectivity index (χ2v) is 4.65. The van der Waals surface area contributed by atoms with Gasteiger partial charge in [0.2, 0.25) is 0 Å². The molecule has 22 heavy (non-hydrogen) atoms. The van der Waals surface area contributed by atoms with Crippen LogP contribution in [0.1, 0.15) is 11.1 Å². The van der Waals surface area contributed by atoms with E-state index in [0.29, 0.717) is 11.5 Å². The van der Waals surface area contributed by atoms with Gasteiger partial charge in [-0.15, -0.1) is 0 Å². The first-order valence-corrected chi connectivity index (χ1v) is 6.83. The maximum Gasteiger partial charge on any atom is 0.277 e. The number of carbonyl (C=O) groups is 1. The van der Waals surface area contributed by atoms with Gasteiger partial charge in [-0.2, -0.15) is 5.10 Å². The molecule has 5 nitrogen and oxygen atoms in total. The van der Waals surface area contributed by atoms with Crippen molar-refractivity contribution >= 4 is 12.1 Å². The Morgan fingerprint density at radius 1 is 1.18 bits per heavy atom. The van der Waals surface area contributed by atoms with E-state index in [1.54, 1.807) is 25.5 Å². The van der Waals surface area contributed by atoms with Crippen molar-refractivity contribution in [1.29, 1.82) is 0 Å². The summed E-state index contributed by atoms with van der Waals surface area (Å²) in [5, 5.41) is 3.90. The maximum atomic E-state index is 11.7. The standard InChI is InChI=1S/C17H18N2O3/c1-13-6-5-7-14(10-13)11-18-19-17(20)12-22-16-9-4-3-8-15(16)21-2/h3-11H,12H2,1-2H3,(H,19,20)/b18-11-. The van der Waals surface area contributed by atoms with Crippen molar-refractivity contribution in [3.8, 4) is 11.5 Å². The zero-order chi connectivity index (χ0) is 15.8. The first-order valence-electron chi connectivity index (χ1n) is 6.83. The fourth-order valence-corrected chi connectivity index (χ4v) is 1.84. The van der Waals surface area contributed by atoms with Crippen LogP contribution in [0.3, 0.4) is 0 Å². The van der Waals surface area contributed by atoms with Crippen LogP contribution in [0.4, 0.5) is 0 Å². The molecule has 2 rings (SSSR count). The minimum atomic E-state index is -0.338. The third-order valence-corrected chi connectivity index (χ3v) is 2.87. The fraction of sp³-hybridized carbons (Fsp3) is 0.176. The molecule has 0 aromatic heterocycles. The van der Waals surface area contributed by atoms with Crippen LogP contribution in [-0.2, 0) is 4.79 Å². The number of hydrogen-bond acceptors (Lipinski definition) is 4. The normalized spacial score (nSPS) is 10.5. The minimum Gasteiger partial charge on any atom is -0.493 e. The predicted octanol–water partition coefficient (Wildman–Crippen LogP) is 2.53. The van der Waals surface area contributed by atoms with Gasteiger partial charge in [-0.3, -0.25) is 4.79 Å². The molecule has 2 aromatic rings. The number of para-hydroxylation sites is 2. The molecule has 0 aliphatic rings. The van der Waals surface area contributed by atoms with Crippen LogP contribution in [-0.4, -0.2) is 25.8 Å². The van der Waals surface area contributed by atoms with E-state index < -0.39 is 0 Å². The maximum absolute atomic E-state index is 11.7. The Hall–Kier alpha value is -2.82. The second kappa shape index (κ2) is 7.83. The molecule has 0 fully saturated rings. The topological polar surface area (TPSA) is 59.9 Å². The van der Waals surface area contributed by atoms with E-state index in [0.717, 1.165) is 11.1 Å². The number of nitrogens with zero attached hydrogens (tertiary/aromatic N) is 1. The lowest BCUT2D eigenvalue weighted by atomic mass is 10.2. The summed E-state index contributed by atoms with van der Waals surface area (Å²) in [4.78, 5) is 11.7. The van der Waals surface area contributed by atoms with E-state index in [1.165, 1.54) is 0 Å². The summed E-state index contributed by atoms with van der Waals surface area (Å²) in [5.74, 6) is 0.760. The number of benzene rings is 2. The molecule has 0 atom stereocenters. The van der Waals surface area contributed by atoms with Crippen LogP contribution in [0.2, 0.25) is 0 Å². The monoisotopic (exact) mass is 298 g/mol. The average Bonchev–Trinajstić information content (AvgIpc) is 2.53. The number of rotatable bonds is 6. The Bertz CT molecular complexity index is 668. The summed E-state index contributed by atoms with van der Waals surface area (Å²) >= 11 is 0. The fourth-order valence-electron chi connectivity index (χ4n) is 1.84. The van der Waals surface area contributed by atoms with Crippen LogP contribution >= 0.6 is 0 Å². The molecule has 0 spiro atoms. The molecule has 0 saturated heterocycles. The number of methoxy groups -OCH3 is 1. The van der Waals surface area contributed by atoms with Crippen LogP contribution in [0, 0.1) is 6.92 Å². The molecular weight excluding hydrogens is 280 g/mol. The SMILES string of the molecule is COc1ccccc1OCC(=O)N/N=C\c1cccc(C)c1. The molecule has 2 aromatic carbocycles. The summed E-state index contributed by atoms with van der Waals surface area (Å²) in [6.45, 7) is 1.86. The lowest BCUT2D eigenvalue weighted by molar-refractivity contribution is -0.123. The number of hydrogen-bond donors (Lipinski definition) is 1. The average molecular weight is 298 g/mol. The van der Waals surface area contributed by atoms with Gasteiger partial charge in [0.25, 0.3) is 5.91 Å². The van der Waals surface area contributed by atoms with E-state index in [-0.39, 0.29) is 12.5 Å². The number of hydrazone groups is 1. The summed E-state index contributed by atoms with van der Waals surface area (Å²) in [6.07, 6.45) is 1.59. The van der Waals surface area contributed by atoms with E-state index in [2.05, 4.69) is 10.5 Å². The molecule has 0 heterocycles. The van der Waals surface area contributed by atoms with E-state index in [9.17, 15) is 4.79 Å². The molecule has 0 unspecified atom stereocenters. The zero-order valence-electron chi connectivity index (χ0n) is 12.6. The molecule has 0 aliphatic carbocycles. The molecule has 1 amide bonds. The van der Waals surface area contributed by atoms with Crippen LogP contribution in [0.25, 0.3) is 0 Å². The van der Waals surface area contributed by atoms with Crippen LogP contribution in [0.15, 0.2) is 53.6 Å². The largest absolute Gasteiger partial charge is 0.493 e. The van der Waals surface area contributed by atoms with Crippen LogP contribution in [0.5, 0.6) is 11.5 Å². The number of aryl methyl sites for hydroxylation is 1. The van der Waals surface area contributed by atoms with E-state index in [1.807, 2.05) is 43.3 Å². The lowest BCUT2D eigenvalue weighted by Gasteiger charge is -2.09. The molecule has 114 valence electrons. The number of amides is 1. The highest BCUT2D eigenvalue weighted by atomic mass is 16.5. The Balaban J connectivity index is 1.83. The van der Waals surface area contributed by atoms with Gasteiger partial charge in [0.05, 0.1) is 13.3 Å². The van der Waals surface area contributed by atoms with Crippen molar-refractivity contribution in [2.45, 2.75) is 6.92 Å². The molecule has 0 bridgehead atoms. The Kier molecular flexibility index (Phi) is 5.54. The first-order chi connectivity index (χ1) is 10.7. The molecular formula is C17H18N2O3. The molecule has 0 radical (unpaired) electrons. The van der Waals surface area contributed by atoms with Crippen molar-refractivity contribution in [2.75, 3.05) is 13.7 Å². The summed E-state index contributed by atoms with van der Waals surface area (Å²) in [7, 11) is 1.55. The minimum absolute atomic E-state index is 0.133. The van der Waals surface area contributed by atoms with Crippen LogP contribution < -0.4 is 14.9 Å². The highest BCUT2D eigenvalue weighted by Gasteiger charge is 2.05. The van der Waals surface area contributed by atoms with Gasteiger partial charge in [0.1, 0.15) is 0 Å². The third kappa shape index (κ3) is 4.63. The lowest BCUT2D eigenvalue weighted by Crippen LogP contribution is -2.24. The second-order valence-electron chi connectivity index (χ2n) is 4.65. The predicted molar refractivity (Wildman–Crippen MR) is 85.4 cm³/mol. The summed E-state index contributed by atoms with van der Waals surface area (Å²) in [5.41, 5.74) is 4.48. The van der Waals surface area contributed by atoms with E-state index in [4.69, 9.17) is 9.47 Å². The van der Waals surface area contributed by atoms with Gasteiger partial charge < -0.3 is 9.47 Å². The van der Waals surface area contributed by atoms with Gasteiger partial charge in [-0.25, -0.2) is 5.43 Å². The Labute approximate surface area is 129 Å². The molecule has 0 saturated carbocycles. The summed E-state index contributed by atoms with van der Waals surface area (Å²) < 4.78 is 10.5.